The lowest BCUT2D eigenvalue weighted by molar-refractivity contribution is -0.152. The summed E-state index contributed by atoms with van der Waals surface area (Å²) in [6.07, 6.45) is 0. The Hall–Kier alpha value is -2.53. The van der Waals surface area contributed by atoms with Crippen molar-refractivity contribution in [3.63, 3.8) is 0 Å². The van der Waals surface area contributed by atoms with E-state index in [-0.39, 0.29) is 15.1 Å². The lowest BCUT2D eigenvalue weighted by Crippen LogP contribution is -2.43. The molecule has 0 aliphatic rings. The summed E-state index contributed by atoms with van der Waals surface area (Å²) in [7, 11) is -6.03. The molecule has 0 aliphatic carbocycles. The Morgan fingerprint density at radius 1 is 1.06 bits per heavy atom. The lowest BCUT2D eigenvalue weighted by atomic mass is 9.98. The Labute approximate surface area is 181 Å². The van der Waals surface area contributed by atoms with E-state index in [9.17, 15) is 30.8 Å². The number of hydrogen-bond donors (Lipinski definition) is 0. The van der Waals surface area contributed by atoms with Crippen LogP contribution in [0.1, 0.15) is 20.8 Å². The largest absolute Gasteiger partial charge is 0.516 e. The van der Waals surface area contributed by atoms with Gasteiger partial charge in [-0.3, -0.25) is 4.79 Å². The van der Waals surface area contributed by atoms with Crippen LogP contribution < -0.4 is 9.04 Å². The third kappa shape index (κ3) is 5.79. The van der Waals surface area contributed by atoms with Crippen LogP contribution in [0.15, 0.2) is 42.5 Å². The number of benzene rings is 2. The maximum atomic E-state index is 14.0. The molecule has 0 saturated heterocycles. The van der Waals surface area contributed by atoms with E-state index in [1.54, 1.807) is 0 Å². The molecule has 0 saturated carbocycles. The molecule has 170 valence electrons. The monoisotopic (exact) mass is 483 g/mol. The number of carbonyl (C=O) groups is 1. The maximum Gasteiger partial charge on any atom is 0.516 e. The summed E-state index contributed by atoms with van der Waals surface area (Å²) in [4.78, 5) is 12.0. The van der Waals surface area contributed by atoms with Crippen LogP contribution >= 0.6 is 11.6 Å². The fourth-order valence-corrected chi connectivity index (χ4v) is 3.16. The SMILES string of the molecule is CC(C)(C)C(=O)OCN(c1ccc(Cl)cc1Oc1ccccc1F)S(=O)(=O)C(F)(F)F. The van der Waals surface area contributed by atoms with Gasteiger partial charge in [-0.15, -0.1) is 0 Å². The Morgan fingerprint density at radius 3 is 2.23 bits per heavy atom. The van der Waals surface area contributed by atoms with E-state index in [0.717, 1.165) is 24.3 Å². The van der Waals surface area contributed by atoms with Gasteiger partial charge in [0, 0.05) is 11.1 Å². The molecule has 2 rings (SSSR count). The predicted molar refractivity (Wildman–Crippen MR) is 106 cm³/mol. The molecule has 0 atom stereocenters. The zero-order valence-corrected chi connectivity index (χ0v) is 18.1. The topological polar surface area (TPSA) is 72.9 Å². The third-order valence-corrected chi connectivity index (χ3v) is 5.46. The number of anilines is 1. The van der Waals surface area contributed by atoms with Crippen molar-refractivity contribution in [1.29, 1.82) is 0 Å². The molecule has 12 heteroatoms. The fraction of sp³-hybridized carbons (Fsp3) is 0.316. The van der Waals surface area contributed by atoms with Gasteiger partial charge in [-0.25, -0.2) is 8.70 Å². The van der Waals surface area contributed by atoms with Crippen molar-refractivity contribution in [2.24, 2.45) is 5.41 Å². The summed E-state index contributed by atoms with van der Waals surface area (Å²) in [5.41, 5.74) is -7.50. The van der Waals surface area contributed by atoms with Crippen LogP contribution in [0.4, 0.5) is 23.2 Å². The van der Waals surface area contributed by atoms with Gasteiger partial charge in [0.25, 0.3) is 0 Å². The van der Waals surface area contributed by atoms with E-state index >= 15 is 0 Å². The Morgan fingerprint density at radius 2 is 1.68 bits per heavy atom. The number of alkyl halides is 3. The van der Waals surface area contributed by atoms with Crippen molar-refractivity contribution in [1.82, 2.24) is 0 Å². The summed E-state index contributed by atoms with van der Waals surface area (Å²) in [5.74, 6) is -2.68. The van der Waals surface area contributed by atoms with Gasteiger partial charge in [0.1, 0.15) is 0 Å². The molecule has 0 heterocycles. The lowest BCUT2D eigenvalue weighted by Gasteiger charge is -2.28. The normalized spacial score (nSPS) is 12.4. The van der Waals surface area contributed by atoms with Crippen molar-refractivity contribution in [3.05, 3.63) is 53.3 Å². The smallest absolute Gasteiger partial charge is 0.452 e. The van der Waals surface area contributed by atoms with Crippen LogP contribution in [0.3, 0.4) is 0 Å². The van der Waals surface area contributed by atoms with Crippen LogP contribution in [0, 0.1) is 11.2 Å². The first-order valence-electron chi connectivity index (χ1n) is 8.63. The van der Waals surface area contributed by atoms with Crippen molar-refractivity contribution < 1.29 is 40.2 Å². The highest BCUT2D eigenvalue weighted by atomic mass is 35.5. The first kappa shape index (κ1) is 24.7. The van der Waals surface area contributed by atoms with Crippen LogP contribution in [0.5, 0.6) is 11.5 Å². The summed E-state index contributed by atoms with van der Waals surface area (Å²) in [5, 5.41) is -0.0221. The van der Waals surface area contributed by atoms with Gasteiger partial charge < -0.3 is 9.47 Å². The summed E-state index contributed by atoms with van der Waals surface area (Å²) in [6, 6.07) is 8.01. The molecule has 0 fully saturated rings. The van der Waals surface area contributed by atoms with Crippen molar-refractivity contribution in [2.75, 3.05) is 11.0 Å². The Kier molecular flexibility index (Phi) is 7.11. The molecule has 0 aromatic heterocycles. The highest BCUT2D eigenvalue weighted by Gasteiger charge is 2.51. The Balaban J connectivity index is 2.58. The standard InChI is InChI=1S/C19H18ClF4NO5S/c1-18(2,3)17(26)29-11-25(31(27,28)19(22,23)24)14-9-8-12(20)10-16(14)30-15-7-5-4-6-13(15)21/h4-10H,11H2,1-3H3. The van der Waals surface area contributed by atoms with E-state index in [0.29, 0.717) is 0 Å². The summed E-state index contributed by atoms with van der Waals surface area (Å²) in [6.45, 7) is 3.01. The second-order valence-electron chi connectivity index (χ2n) is 7.25. The van der Waals surface area contributed by atoms with Crippen molar-refractivity contribution >= 4 is 33.3 Å². The minimum absolute atomic E-state index is 0.0221. The number of ether oxygens (including phenoxy) is 2. The molecule has 0 N–H and O–H groups in total. The van der Waals surface area contributed by atoms with Gasteiger partial charge >= 0.3 is 21.5 Å². The van der Waals surface area contributed by atoms with Crippen LogP contribution in [0.25, 0.3) is 0 Å². The summed E-state index contributed by atoms with van der Waals surface area (Å²) < 4.78 is 88.3. The average Bonchev–Trinajstić information content (AvgIpc) is 2.63. The molecule has 0 spiro atoms. The third-order valence-electron chi connectivity index (χ3n) is 3.76. The van der Waals surface area contributed by atoms with Crippen LogP contribution in [-0.2, 0) is 19.6 Å². The molecular weight excluding hydrogens is 466 g/mol. The van der Waals surface area contributed by atoms with Gasteiger partial charge in [-0.1, -0.05) is 23.7 Å². The Bertz CT molecular complexity index is 1070. The van der Waals surface area contributed by atoms with E-state index in [1.807, 2.05) is 0 Å². The first-order chi connectivity index (χ1) is 14.1. The molecule has 0 radical (unpaired) electrons. The first-order valence-corrected chi connectivity index (χ1v) is 10.4. The molecule has 0 bridgehead atoms. The molecule has 0 aliphatic heterocycles. The molecule has 2 aromatic carbocycles. The van der Waals surface area contributed by atoms with Gasteiger partial charge in [-0.2, -0.15) is 21.6 Å². The molecule has 2 aromatic rings. The fourth-order valence-electron chi connectivity index (χ4n) is 2.15. The van der Waals surface area contributed by atoms with E-state index in [4.69, 9.17) is 21.1 Å². The minimum atomic E-state index is -6.03. The quantitative estimate of drug-likeness (QED) is 0.309. The zero-order chi connectivity index (χ0) is 23.6. The number of nitrogens with zero attached hydrogens (tertiary/aromatic N) is 1. The second-order valence-corrected chi connectivity index (χ2v) is 9.54. The molecular formula is C19H18ClF4NO5S. The number of esters is 1. The molecule has 0 amide bonds. The van der Waals surface area contributed by atoms with Gasteiger partial charge in [0.2, 0.25) is 0 Å². The van der Waals surface area contributed by atoms with Crippen LogP contribution in [0.2, 0.25) is 5.02 Å². The highest BCUT2D eigenvalue weighted by molar-refractivity contribution is 7.93. The van der Waals surface area contributed by atoms with Gasteiger partial charge in [-0.05, 0) is 45.0 Å². The number of hydrogen-bond acceptors (Lipinski definition) is 5. The number of sulfonamides is 1. The molecule has 31 heavy (non-hydrogen) atoms. The number of para-hydroxylation sites is 1. The van der Waals surface area contributed by atoms with E-state index in [2.05, 4.69) is 0 Å². The highest BCUT2D eigenvalue weighted by Crippen LogP contribution is 2.40. The van der Waals surface area contributed by atoms with E-state index < -0.39 is 50.9 Å². The van der Waals surface area contributed by atoms with Crippen molar-refractivity contribution in [3.8, 4) is 11.5 Å². The average molecular weight is 484 g/mol. The number of carbonyl (C=O) groups excluding carboxylic acids is 1. The van der Waals surface area contributed by atoms with Gasteiger partial charge in [0.15, 0.2) is 24.0 Å². The van der Waals surface area contributed by atoms with Crippen LogP contribution in [-0.4, -0.2) is 26.6 Å². The van der Waals surface area contributed by atoms with Crippen molar-refractivity contribution in [2.45, 2.75) is 26.3 Å². The van der Waals surface area contributed by atoms with Gasteiger partial charge in [0.05, 0.1) is 11.1 Å². The zero-order valence-electron chi connectivity index (χ0n) is 16.5. The minimum Gasteiger partial charge on any atom is -0.452 e. The molecule has 0 unspecified atom stereocenters. The molecule has 6 nitrogen and oxygen atoms in total. The van der Waals surface area contributed by atoms with E-state index in [1.165, 1.54) is 39.0 Å². The second kappa shape index (κ2) is 8.91. The maximum absolute atomic E-state index is 14.0. The predicted octanol–water partition coefficient (Wildman–Crippen LogP) is 5.47. The number of halogens is 5. The summed E-state index contributed by atoms with van der Waals surface area (Å²) >= 11 is 5.87. The number of rotatable bonds is 6.